The molecule has 0 saturated heterocycles. The highest BCUT2D eigenvalue weighted by atomic mass is 32.1. The van der Waals surface area contributed by atoms with Crippen LogP contribution in [0.1, 0.15) is 27.6 Å². The second-order valence-corrected chi connectivity index (χ2v) is 6.60. The quantitative estimate of drug-likeness (QED) is 0.510. The van der Waals surface area contributed by atoms with Crippen LogP contribution in [0, 0.1) is 0 Å². The van der Waals surface area contributed by atoms with Gasteiger partial charge in [0, 0.05) is 20.7 Å². The number of thiocarbonyl (C=S) groups is 1. The van der Waals surface area contributed by atoms with Crippen molar-refractivity contribution in [1.82, 2.24) is 10.2 Å². The van der Waals surface area contributed by atoms with E-state index in [-0.39, 0.29) is 11.0 Å². The van der Waals surface area contributed by atoms with Crippen molar-refractivity contribution in [3.63, 3.8) is 0 Å². The van der Waals surface area contributed by atoms with Crippen LogP contribution in [0.3, 0.4) is 0 Å². The highest BCUT2D eigenvalue weighted by Gasteiger charge is 2.16. The molecule has 2 amide bonds. The first-order chi connectivity index (χ1) is 13.9. The third-order valence-corrected chi connectivity index (χ3v) is 4.06. The average Bonchev–Trinajstić information content (AvgIpc) is 2.71. The molecule has 0 bridgehead atoms. The Morgan fingerprint density at radius 1 is 1.00 bits per heavy atom. The van der Waals surface area contributed by atoms with Crippen LogP contribution in [0.25, 0.3) is 0 Å². The van der Waals surface area contributed by atoms with Gasteiger partial charge in [0.05, 0.1) is 23.4 Å². The maximum atomic E-state index is 12.7. The van der Waals surface area contributed by atoms with Gasteiger partial charge in [-0.1, -0.05) is 24.3 Å². The zero-order valence-electron chi connectivity index (χ0n) is 16.7. The number of hydrogen-bond donors (Lipinski definition) is 2. The van der Waals surface area contributed by atoms with Crippen LogP contribution in [0.4, 0.5) is 5.69 Å². The predicted octanol–water partition coefficient (Wildman–Crippen LogP) is 2.93. The third-order valence-electron chi connectivity index (χ3n) is 3.86. The molecule has 29 heavy (non-hydrogen) atoms. The first kappa shape index (κ1) is 22.3. The Labute approximate surface area is 176 Å². The van der Waals surface area contributed by atoms with Gasteiger partial charge < -0.3 is 19.7 Å². The molecule has 0 unspecified atom stereocenters. The van der Waals surface area contributed by atoms with E-state index in [1.54, 1.807) is 62.6 Å². The Balaban J connectivity index is 2.06. The lowest BCUT2D eigenvalue weighted by atomic mass is 10.1. The number of hydrogen-bond acceptors (Lipinski definition) is 5. The summed E-state index contributed by atoms with van der Waals surface area (Å²) < 4.78 is 10.9. The summed E-state index contributed by atoms with van der Waals surface area (Å²) in [5.41, 5.74) is 1.32. The molecule has 0 atom stereocenters. The molecule has 7 nitrogen and oxygen atoms in total. The molecular weight excluding hydrogens is 390 g/mol. The Bertz CT molecular complexity index is 871. The minimum absolute atomic E-state index is 0.0816. The number of rotatable bonds is 8. The number of nitrogens with zero attached hydrogens (tertiary/aromatic N) is 1. The number of benzene rings is 2. The van der Waals surface area contributed by atoms with E-state index in [4.69, 9.17) is 21.7 Å². The van der Waals surface area contributed by atoms with Gasteiger partial charge >= 0.3 is 0 Å². The summed E-state index contributed by atoms with van der Waals surface area (Å²) in [6.07, 6.45) is 0. The average molecular weight is 416 g/mol. The molecule has 0 aliphatic carbocycles. The van der Waals surface area contributed by atoms with Gasteiger partial charge in [0.2, 0.25) is 0 Å². The molecule has 0 spiro atoms. The summed E-state index contributed by atoms with van der Waals surface area (Å²) >= 11 is 5.26. The number of ether oxygens (including phenoxy) is 2. The minimum Gasteiger partial charge on any atom is -0.490 e. The molecule has 2 aromatic carbocycles. The lowest BCUT2D eigenvalue weighted by Gasteiger charge is -2.16. The predicted molar refractivity (Wildman–Crippen MR) is 117 cm³/mol. The Kier molecular flexibility index (Phi) is 8.57. The van der Waals surface area contributed by atoms with E-state index in [9.17, 15) is 9.59 Å². The lowest BCUT2D eigenvalue weighted by molar-refractivity contribution is 0.0828. The molecule has 0 aromatic heterocycles. The summed E-state index contributed by atoms with van der Waals surface area (Å²) in [4.78, 5) is 26.4. The number of anilines is 1. The van der Waals surface area contributed by atoms with Crippen molar-refractivity contribution in [2.45, 2.75) is 6.92 Å². The Morgan fingerprint density at radius 2 is 1.66 bits per heavy atom. The lowest BCUT2D eigenvalue weighted by Crippen LogP contribution is -2.35. The van der Waals surface area contributed by atoms with E-state index in [0.717, 1.165) is 0 Å². The molecule has 154 valence electrons. The maximum absolute atomic E-state index is 12.7. The first-order valence-electron chi connectivity index (χ1n) is 9.16. The van der Waals surface area contributed by atoms with Crippen molar-refractivity contribution in [2.75, 3.05) is 39.2 Å². The van der Waals surface area contributed by atoms with Crippen LogP contribution in [-0.2, 0) is 4.74 Å². The van der Waals surface area contributed by atoms with Crippen LogP contribution in [0.5, 0.6) is 5.75 Å². The Hall–Kier alpha value is -2.97. The van der Waals surface area contributed by atoms with E-state index in [0.29, 0.717) is 42.4 Å². The molecule has 2 aromatic rings. The fourth-order valence-corrected chi connectivity index (χ4v) is 2.68. The second kappa shape index (κ2) is 11.1. The van der Waals surface area contributed by atoms with Gasteiger partial charge in [-0.25, -0.2) is 0 Å². The number of carbonyl (C=O) groups is 2. The molecule has 8 heteroatoms. The monoisotopic (exact) mass is 415 g/mol. The minimum atomic E-state index is -0.411. The van der Waals surface area contributed by atoms with E-state index < -0.39 is 5.91 Å². The van der Waals surface area contributed by atoms with Gasteiger partial charge in [-0.15, -0.1) is 0 Å². The highest BCUT2D eigenvalue weighted by molar-refractivity contribution is 7.80. The van der Waals surface area contributed by atoms with Crippen molar-refractivity contribution in [3.8, 4) is 5.75 Å². The van der Waals surface area contributed by atoms with Crippen LogP contribution in [0.2, 0.25) is 0 Å². The number of amides is 2. The normalized spacial score (nSPS) is 10.2. The summed E-state index contributed by atoms with van der Waals surface area (Å²) in [7, 11) is 3.34. The zero-order chi connectivity index (χ0) is 21.2. The SMILES string of the molecule is CCOCCOc1ccccc1C(=O)NC(=S)Nc1ccccc1C(=O)N(C)C. The van der Waals surface area contributed by atoms with E-state index in [1.165, 1.54) is 4.90 Å². The van der Waals surface area contributed by atoms with Crippen LogP contribution < -0.4 is 15.4 Å². The zero-order valence-corrected chi connectivity index (χ0v) is 17.5. The van der Waals surface area contributed by atoms with Gasteiger partial charge in [0.1, 0.15) is 12.4 Å². The smallest absolute Gasteiger partial charge is 0.261 e. The molecule has 0 aliphatic heterocycles. The molecular formula is C21H25N3O4S. The standard InChI is InChI=1S/C21H25N3O4S/c1-4-27-13-14-28-18-12-8-6-10-16(18)19(25)23-21(29)22-17-11-7-5-9-15(17)20(26)24(2)3/h5-12H,4,13-14H2,1-3H3,(H2,22,23,25,29). The third kappa shape index (κ3) is 6.55. The summed E-state index contributed by atoms with van der Waals surface area (Å²) in [5.74, 6) is -0.142. The van der Waals surface area contributed by atoms with Crippen molar-refractivity contribution >= 4 is 34.8 Å². The van der Waals surface area contributed by atoms with Crippen molar-refractivity contribution in [3.05, 3.63) is 59.7 Å². The van der Waals surface area contributed by atoms with Crippen molar-refractivity contribution < 1.29 is 19.1 Å². The number of carbonyl (C=O) groups excluding carboxylic acids is 2. The topological polar surface area (TPSA) is 79.9 Å². The second-order valence-electron chi connectivity index (χ2n) is 6.19. The van der Waals surface area contributed by atoms with Crippen molar-refractivity contribution in [2.24, 2.45) is 0 Å². The molecule has 0 aliphatic rings. The van der Waals surface area contributed by atoms with Gasteiger partial charge in [0.25, 0.3) is 11.8 Å². The van der Waals surface area contributed by atoms with Gasteiger partial charge in [-0.2, -0.15) is 0 Å². The van der Waals surface area contributed by atoms with Gasteiger partial charge in [-0.05, 0) is 43.4 Å². The molecule has 2 N–H and O–H groups in total. The van der Waals surface area contributed by atoms with Crippen LogP contribution in [-0.4, -0.2) is 55.7 Å². The maximum Gasteiger partial charge on any atom is 0.261 e. The van der Waals surface area contributed by atoms with Crippen LogP contribution in [0.15, 0.2) is 48.5 Å². The first-order valence-corrected chi connectivity index (χ1v) is 9.57. The summed E-state index contributed by atoms with van der Waals surface area (Å²) in [6.45, 7) is 3.27. The number of para-hydroxylation sites is 2. The molecule has 0 saturated carbocycles. The molecule has 0 radical (unpaired) electrons. The van der Waals surface area contributed by atoms with E-state index in [2.05, 4.69) is 10.6 Å². The summed E-state index contributed by atoms with van der Waals surface area (Å²) in [5, 5.41) is 5.63. The molecule has 2 rings (SSSR count). The van der Waals surface area contributed by atoms with Crippen molar-refractivity contribution in [1.29, 1.82) is 0 Å². The van der Waals surface area contributed by atoms with Gasteiger partial charge in [0.15, 0.2) is 5.11 Å². The fourth-order valence-electron chi connectivity index (χ4n) is 2.48. The largest absolute Gasteiger partial charge is 0.490 e. The van der Waals surface area contributed by atoms with Crippen LogP contribution >= 0.6 is 12.2 Å². The fraction of sp³-hybridized carbons (Fsp3) is 0.286. The highest BCUT2D eigenvalue weighted by Crippen LogP contribution is 2.19. The van der Waals surface area contributed by atoms with E-state index >= 15 is 0 Å². The molecule has 0 fully saturated rings. The molecule has 0 heterocycles. The van der Waals surface area contributed by atoms with E-state index in [1.807, 2.05) is 6.92 Å². The van der Waals surface area contributed by atoms with Gasteiger partial charge in [-0.3, -0.25) is 14.9 Å². The summed E-state index contributed by atoms with van der Waals surface area (Å²) in [6, 6.07) is 13.8. The number of nitrogens with one attached hydrogen (secondary N) is 2. The Morgan fingerprint density at radius 3 is 2.34 bits per heavy atom.